The number of benzene rings is 11. The van der Waals surface area contributed by atoms with Gasteiger partial charge in [0.15, 0.2) is 5.82 Å². The molecule has 13 aromatic rings. The predicted molar refractivity (Wildman–Crippen MR) is 289 cm³/mol. The van der Waals surface area contributed by atoms with Crippen LogP contribution in [0.5, 0.6) is 0 Å². The van der Waals surface area contributed by atoms with E-state index in [0.717, 1.165) is 72.6 Å². The fourth-order valence-electron chi connectivity index (χ4n) is 10.2. The van der Waals surface area contributed by atoms with Crippen LogP contribution >= 0.6 is 0 Å². The first kappa shape index (κ1) is 40.1. The van der Waals surface area contributed by atoms with E-state index in [2.05, 4.69) is 259 Å². The molecule has 0 saturated carbocycles. The Morgan fingerprint density at radius 1 is 0.246 bits per heavy atom. The van der Waals surface area contributed by atoms with Crippen LogP contribution in [0.4, 0.5) is 0 Å². The van der Waals surface area contributed by atoms with Gasteiger partial charge in [0, 0.05) is 33.2 Å². The molecule has 0 aliphatic carbocycles. The van der Waals surface area contributed by atoms with Crippen LogP contribution in [-0.2, 0) is 0 Å². The SMILES string of the molecule is c1ccc(-c2cc(-c3ccccc3)cc(-c3cc(-c4cc(-c5cc6ccccc6c6ccccc56)cc(-n5c6ccccc6c6ccc(-c7ccccc7)cc65)c4)nc(-c4ccccc4)n3)c2)cc1. The van der Waals surface area contributed by atoms with Gasteiger partial charge >= 0.3 is 0 Å². The summed E-state index contributed by atoms with van der Waals surface area (Å²) in [6.07, 6.45) is 0. The van der Waals surface area contributed by atoms with E-state index in [1.54, 1.807) is 0 Å². The molecule has 322 valence electrons. The molecule has 3 heteroatoms. The fourth-order valence-corrected chi connectivity index (χ4v) is 10.2. The Labute approximate surface area is 400 Å². The summed E-state index contributed by atoms with van der Waals surface area (Å²) in [6, 6.07) is 93.9. The summed E-state index contributed by atoms with van der Waals surface area (Å²) in [7, 11) is 0. The molecule has 69 heavy (non-hydrogen) atoms. The fraction of sp³-hybridized carbons (Fsp3) is 0. The lowest BCUT2D eigenvalue weighted by Crippen LogP contribution is -1.99. The summed E-state index contributed by atoms with van der Waals surface area (Å²) in [5.74, 6) is 0.668. The highest BCUT2D eigenvalue weighted by Gasteiger charge is 2.20. The van der Waals surface area contributed by atoms with Gasteiger partial charge in [-0.05, 0) is 127 Å². The minimum Gasteiger partial charge on any atom is -0.309 e. The van der Waals surface area contributed by atoms with Crippen LogP contribution in [0.15, 0.2) is 261 Å². The van der Waals surface area contributed by atoms with Gasteiger partial charge in [0.05, 0.1) is 22.4 Å². The highest BCUT2D eigenvalue weighted by atomic mass is 15.0. The van der Waals surface area contributed by atoms with Gasteiger partial charge in [-0.25, -0.2) is 9.97 Å². The van der Waals surface area contributed by atoms with Crippen LogP contribution in [0.2, 0.25) is 0 Å². The van der Waals surface area contributed by atoms with Gasteiger partial charge in [-0.3, -0.25) is 0 Å². The molecule has 0 radical (unpaired) electrons. The Morgan fingerprint density at radius 2 is 0.710 bits per heavy atom. The van der Waals surface area contributed by atoms with Crippen molar-refractivity contribution >= 4 is 43.4 Å². The molecule has 13 rings (SSSR count). The number of fused-ring (bicyclic) bond motifs is 6. The second kappa shape index (κ2) is 16.9. The van der Waals surface area contributed by atoms with Crippen LogP contribution < -0.4 is 0 Å². The smallest absolute Gasteiger partial charge is 0.160 e. The maximum Gasteiger partial charge on any atom is 0.160 e. The van der Waals surface area contributed by atoms with E-state index in [1.807, 2.05) is 6.07 Å². The van der Waals surface area contributed by atoms with E-state index in [1.165, 1.54) is 49.0 Å². The lowest BCUT2D eigenvalue weighted by atomic mass is 9.91. The van der Waals surface area contributed by atoms with E-state index in [4.69, 9.17) is 9.97 Å². The summed E-state index contributed by atoms with van der Waals surface area (Å²) in [5, 5.41) is 7.28. The molecule has 11 aromatic carbocycles. The van der Waals surface area contributed by atoms with Gasteiger partial charge in [0.2, 0.25) is 0 Å². The number of para-hydroxylation sites is 1. The Morgan fingerprint density at radius 3 is 1.36 bits per heavy atom. The quantitative estimate of drug-likeness (QED) is 0.142. The molecule has 2 heterocycles. The third-order valence-corrected chi connectivity index (χ3v) is 13.5. The van der Waals surface area contributed by atoms with Crippen LogP contribution in [0, 0.1) is 0 Å². The Kier molecular flexibility index (Phi) is 9.84. The molecule has 0 N–H and O–H groups in total. The largest absolute Gasteiger partial charge is 0.309 e. The third kappa shape index (κ3) is 7.34. The third-order valence-electron chi connectivity index (χ3n) is 13.5. The standard InChI is InChI=1S/C66H43N3/c1-5-19-44(20-6-1)48-33-34-60-59-31-17-18-32-64(59)69(65(60)42-48)55-39-52(61-41-49-27-13-14-28-56(49)57-29-15-16-30-58(57)61)38-54(40-55)63-43-62(67-66(68-63)47-25-11-4-12-26-47)53-36-50(45-21-7-2-8-22-45)35-51(37-53)46-23-9-3-10-24-46/h1-43H. The average molecular weight is 878 g/mol. The highest BCUT2D eigenvalue weighted by Crippen LogP contribution is 2.42. The second-order valence-corrected chi connectivity index (χ2v) is 17.8. The van der Waals surface area contributed by atoms with Crippen molar-refractivity contribution in [3.63, 3.8) is 0 Å². The zero-order valence-electron chi connectivity index (χ0n) is 37.7. The maximum atomic E-state index is 5.49. The lowest BCUT2D eigenvalue weighted by Gasteiger charge is -2.17. The van der Waals surface area contributed by atoms with Crippen molar-refractivity contribution in [1.82, 2.24) is 14.5 Å². The predicted octanol–water partition coefficient (Wildman–Crippen LogP) is 17.5. The normalized spacial score (nSPS) is 11.5. The van der Waals surface area contributed by atoms with Gasteiger partial charge in [-0.15, -0.1) is 0 Å². The summed E-state index contributed by atoms with van der Waals surface area (Å²) in [5.41, 5.74) is 17.2. The molecule has 0 atom stereocenters. The molecule has 0 fully saturated rings. The molecule has 0 bridgehead atoms. The monoisotopic (exact) mass is 877 g/mol. The molecule has 0 amide bonds. The minimum atomic E-state index is 0.668. The van der Waals surface area contributed by atoms with Crippen molar-refractivity contribution in [3.8, 4) is 84.1 Å². The molecule has 0 aliphatic heterocycles. The molecule has 0 spiro atoms. The highest BCUT2D eigenvalue weighted by molar-refractivity contribution is 6.14. The van der Waals surface area contributed by atoms with Gasteiger partial charge < -0.3 is 4.57 Å². The van der Waals surface area contributed by atoms with E-state index in [9.17, 15) is 0 Å². The van der Waals surface area contributed by atoms with Crippen molar-refractivity contribution < 1.29 is 0 Å². The molecule has 0 aliphatic rings. The van der Waals surface area contributed by atoms with Gasteiger partial charge in [0.1, 0.15) is 0 Å². The molecule has 3 nitrogen and oxygen atoms in total. The van der Waals surface area contributed by atoms with Crippen LogP contribution in [-0.4, -0.2) is 14.5 Å². The first-order valence-electron chi connectivity index (χ1n) is 23.5. The maximum absolute atomic E-state index is 5.49. The summed E-state index contributed by atoms with van der Waals surface area (Å²) in [4.78, 5) is 10.9. The molecule has 2 aromatic heterocycles. The topological polar surface area (TPSA) is 30.7 Å². The van der Waals surface area contributed by atoms with Crippen molar-refractivity contribution in [3.05, 3.63) is 261 Å². The number of hydrogen-bond donors (Lipinski definition) is 0. The van der Waals surface area contributed by atoms with E-state index in [0.29, 0.717) is 5.82 Å². The Balaban J connectivity index is 1.10. The zero-order valence-corrected chi connectivity index (χ0v) is 37.7. The van der Waals surface area contributed by atoms with Crippen LogP contribution in [0.3, 0.4) is 0 Å². The minimum absolute atomic E-state index is 0.668. The first-order chi connectivity index (χ1) is 34.2. The summed E-state index contributed by atoms with van der Waals surface area (Å²) < 4.78 is 2.45. The van der Waals surface area contributed by atoms with Gasteiger partial charge in [-0.2, -0.15) is 0 Å². The first-order valence-corrected chi connectivity index (χ1v) is 23.5. The number of rotatable bonds is 8. The average Bonchev–Trinajstić information content (AvgIpc) is 3.77. The number of hydrogen-bond acceptors (Lipinski definition) is 2. The number of nitrogens with zero attached hydrogens (tertiary/aromatic N) is 3. The van der Waals surface area contributed by atoms with Crippen molar-refractivity contribution in [2.45, 2.75) is 0 Å². The molecular weight excluding hydrogens is 835 g/mol. The van der Waals surface area contributed by atoms with Crippen molar-refractivity contribution in [2.24, 2.45) is 0 Å². The lowest BCUT2D eigenvalue weighted by molar-refractivity contribution is 1.16. The van der Waals surface area contributed by atoms with Gasteiger partial charge in [-0.1, -0.05) is 200 Å². The Hall–Kier alpha value is -9.18. The van der Waals surface area contributed by atoms with E-state index >= 15 is 0 Å². The molecular formula is C66H43N3. The second-order valence-electron chi connectivity index (χ2n) is 17.8. The molecule has 0 unspecified atom stereocenters. The van der Waals surface area contributed by atoms with Crippen molar-refractivity contribution in [2.75, 3.05) is 0 Å². The summed E-state index contributed by atoms with van der Waals surface area (Å²) in [6.45, 7) is 0. The van der Waals surface area contributed by atoms with Crippen LogP contribution in [0.25, 0.3) is 127 Å². The van der Waals surface area contributed by atoms with E-state index in [-0.39, 0.29) is 0 Å². The zero-order chi connectivity index (χ0) is 45.7. The summed E-state index contributed by atoms with van der Waals surface area (Å²) >= 11 is 0. The van der Waals surface area contributed by atoms with Crippen LogP contribution in [0.1, 0.15) is 0 Å². The Bertz CT molecular complexity index is 3990. The molecule has 0 saturated heterocycles. The van der Waals surface area contributed by atoms with Gasteiger partial charge in [0.25, 0.3) is 0 Å². The van der Waals surface area contributed by atoms with E-state index < -0.39 is 0 Å². The number of aromatic nitrogens is 3. The van der Waals surface area contributed by atoms with Crippen molar-refractivity contribution in [1.29, 1.82) is 0 Å².